The summed E-state index contributed by atoms with van der Waals surface area (Å²) in [5, 5.41) is -5.80. The number of benzene rings is 3. The van der Waals surface area contributed by atoms with Crippen LogP contribution in [0.1, 0.15) is 0 Å². The highest BCUT2D eigenvalue weighted by Gasteiger charge is 2.62. The van der Waals surface area contributed by atoms with Gasteiger partial charge in [-0.2, -0.15) is 35.1 Å². The number of halogens is 8. The Bertz CT molecular complexity index is 1310. The first-order valence-electron chi connectivity index (χ1n) is 10.2. The van der Waals surface area contributed by atoms with Crippen LogP contribution in [0, 0.1) is 0 Å². The van der Waals surface area contributed by atoms with Crippen molar-refractivity contribution in [2.24, 2.45) is 0 Å². The zero-order chi connectivity index (χ0) is 28.4. The van der Waals surface area contributed by atoms with Gasteiger partial charge in [-0.05, 0) is 60.7 Å². The molecule has 0 aliphatic carbocycles. The summed E-state index contributed by atoms with van der Waals surface area (Å²) in [6.07, 6.45) is -14.7. The van der Waals surface area contributed by atoms with Crippen LogP contribution in [0.2, 0.25) is 0 Å². The molecule has 0 spiro atoms. The second-order valence-electron chi connectivity index (χ2n) is 7.52. The van der Waals surface area contributed by atoms with Crippen LogP contribution in [0.3, 0.4) is 0 Å². The van der Waals surface area contributed by atoms with Crippen LogP contribution in [0.25, 0.3) is 0 Å². The molecule has 0 saturated carbocycles. The SMILES string of the molecule is O=S(=O)([O-])C(F)(F)C(Oc1ccc([S+](c2ccccc2)c2ccc(OCC(F)(F)F)cc2)cc1)C(F)(F)F. The summed E-state index contributed by atoms with van der Waals surface area (Å²) in [6, 6.07) is 18.4. The van der Waals surface area contributed by atoms with Crippen LogP contribution >= 0.6 is 0 Å². The lowest BCUT2D eigenvalue weighted by atomic mass is 10.3. The fourth-order valence-electron chi connectivity index (χ4n) is 3.05. The smallest absolute Gasteiger partial charge is 0.432 e. The first kappa shape index (κ1) is 29.5. The Labute approximate surface area is 214 Å². The molecule has 0 aromatic heterocycles. The van der Waals surface area contributed by atoms with E-state index < -0.39 is 57.1 Å². The summed E-state index contributed by atoms with van der Waals surface area (Å²) in [6.45, 7) is -1.50. The molecular formula is C23H16F8O5S2. The first-order chi connectivity index (χ1) is 17.5. The molecule has 38 heavy (non-hydrogen) atoms. The van der Waals surface area contributed by atoms with Crippen LogP contribution in [0.4, 0.5) is 35.1 Å². The van der Waals surface area contributed by atoms with E-state index in [1.165, 1.54) is 36.4 Å². The summed E-state index contributed by atoms with van der Waals surface area (Å²) in [4.78, 5) is 1.71. The van der Waals surface area contributed by atoms with Crippen LogP contribution in [-0.2, 0) is 21.0 Å². The molecule has 3 aromatic rings. The molecule has 0 radical (unpaired) electrons. The van der Waals surface area contributed by atoms with Crippen LogP contribution in [-0.4, -0.2) is 43.3 Å². The van der Waals surface area contributed by atoms with Gasteiger partial charge >= 0.3 is 17.6 Å². The lowest BCUT2D eigenvalue weighted by Gasteiger charge is -2.30. The lowest BCUT2D eigenvalue weighted by molar-refractivity contribution is -0.239. The van der Waals surface area contributed by atoms with E-state index in [4.69, 9.17) is 4.74 Å². The molecule has 15 heteroatoms. The highest BCUT2D eigenvalue weighted by Crippen LogP contribution is 2.39. The van der Waals surface area contributed by atoms with Crippen molar-refractivity contribution in [3.63, 3.8) is 0 Å². The molecule has 0 aliphatic rings. The van der Waals surface area contributed by atoms with Crippen LogP contribution < -0.4 is 9.47 Å². The Morgan fingerprint density at radius 3 is 1.58 bits per heavy atom. The van der Waals surface area contributed by atoms with E-state index in [1.54, 1.807) is 30.3 Å². The summed E-state index contributed by atoms with van der Waals surface area (Å²) in [5.41, 5.74) is 0. The van der Waals surface area contributed by atoms with Crippen molar-refractivity contribution in [2.75, 3.05) is 6.61 Å². The van der Waals surface area contributed by atoms with Crippen molar-refractivity contribution in [1.82, 2.24) is 0 Å². The maximum absolute atomic E-state index is 13.8. The van der Waals surface area contributed by atoms with Crippen molar-refractivity contribution in [2.45, 2.75) is 38.4 Å². The van der Waals surface area contributed by atoms with Crippen molar-refractivity contribution in [1.29, 1.82) is 0 Å². The summed E-state index contributed by atoms with van der Waals surface area (Å²) in [5.74, 6) is -0.842. The maximum atomic E-state index is 13.8. The minimum absolute atomic E-state index is 0.0566. The third-order valence-corrected chi connectivity index (χ3v) is 7.80. The van der Waals surface area contributed by atoms with E-state index in [9.17, 15) is 48.1 Å². The average Bonchev–Trinajstić information content (AvgIpc) is 2.82. The van der Waals surface area contributed by atoms with Gasteiger partial charge in [0.05, 0.1) is 10.9 Å². The van der Waals surface area contributed by atoms with E-state index >= 15 is 0 Å². The zero-order valence-corrected chi connectivity index (χ0v) is 20.3. The number of hydrogen-bond acceptors (Lipinski definition) is 5. The maximum Gasteiger partial charge on any atom is 0.432 e. The Morgan fingerprint density at radius 1 is 0.711 bits per heavy atom. The standard InChI is InChI=1S/C23H16F8O5S2/c24-21(25,26)14-35-15-6-10-18(11-7-15)37(17-4-2-1-3-5-17)19-12-8-16(9-13-19)36-20(22(27,28)29)23(30,31)38(32,33)34/h1-13,20H,14H2. The van der Waals surface area contributed by atoms with Gasteiger partial charge in [-0.15, -0.1) is 0 Å². The molecule has 3 rings (SSSR count). The summed E-state index contributed by atoms with van der Waals surface area (Å²) < 4.78 is 145. The lowest BCUT2D eigenvalue weighted by Crippen LogP contribution is -2.53. The van der Waals surface area contributed by atoms with Gasteiger partial charge in [-0.1, -0.05) is 18.2 Å². The Kier molecular flexibility index (Phi) is 8.53. The van der Waals surface area contributed by atoms with Gasteiger partial charge in [0.1, 0.15) is 11.5 Å². The summed E-state index contributed by atoms with van der Waals surface area (Å²) in [7, 11) is -7.68. The first-order valence-corrected chi connectivity index (χ1v) is 12.9. The Hall–Kier alpha value is -3.04. The predicted molar refractivity (Wildman–Crippen MR) is 118 cm³/mol. The molecule has 5 nitrogen and oxygen atoms in total. The molecule has 0 saturated heterocycles. The number of rotatable bonds is 9. The highest BCUT2D eigenvalue weighted by molar-refractivity contribution is 7.97. The van der Waals surface area contributed by atoms with E-state index in [2.05, 4.69) is 4.74 Å². The third kappa shape index (κ3) is 7.29. The van der Waals surface area contributed by atoms with Gasteiger partial charge in [0.15, 0.2) is 31.4 Å². The molecule has 0 aliphatic heterocycles. The van der Waals surface area contributed by atoms with E-state index in [-0.39, 0.29) is 5.75 Å². The van der Waals surface area contributed by atoms with Crippen molar-refractivity contribution >= 4 is 21.0 Å². The van der Waals surface area contributed by atoms with Gasteiger partial charge in [-0.3, -0.25) is 0 Å². The topological polar surface area (TPSA) is 75.7 Å². The van der Waals surface area contributed by atoms with Crippen LogP contribution in [0.15, 0.2) is 93.5 Å². The molecule has 0 fully saturated rings. The van der Waals surface area contributed by atoms with Crippen molar-refractivity contribution < 1.29 is 57.6 Å². The quantitative estimate of drug-likeness (QED) is 0.170. The van der Waals surface area contributed by atoms with Gasteiger partial charge in [0.25, 0.3) is 6.10 Å². The number of ether oxygens (including phenoxy) is 2. The molecule has 2 atom stereocenters. The monoisotopic (exact) mass is 588 g/mol. The number of alkyl halides is 8. The van der Waals surface area contributed by atoms with E-state index in [0.717, 1.165) is 12.1 Å². The molecule has 3 aromatic carbocycles. The van der Waals surface area contributed by atoms with Gasteiger partial charge in [0.2, 0.25) is 0 Å². The number of hydrogen-bond donors (Lipinski definition) is 0. The Balaban J connectivity index is 1.93. The second-order valence-corrected chi connectivity index (χ2v) is 11.0. The molecule has 0 amide bonds. The van der Waals surface area contributed by atoms with Gasteiger partial charge < -0.3 is 14.0 Å². The van der Waals surface area contributed by atoms with Gasteiger partial charge in [-0.25, -0.2) is 8.42 Å². The fraction of sp³-hybridized carbons (Fsp3) is 0.217. The van der Waals surface area contributed by atoms with E-state index in [1.807, 2.05) is 0 Å². The Morgan fingerprint density at radius 2 is 1.16 bits per heavy atom. The minimum Gasteiger partial charge on any atom is -0.743 e. The van der Waals surface area contributed by atoms with Crippen molar-refractivity contribution in [3.8, 4) is 11.5 Å². The second kappa shape index (κ2) is 11.0. The zero-order valence-electron chi connectivity index (χ0n) is 18.7. The van der Waals surface area contributed by atoms with Crippen LogP contribution in [0.5, 0.6) is 11.5 Å². The molecule has 0 N–H and O–H groups in total. The molecular weight excluding hydrogens is 572 g/mol. The van der Waals surface area contributed by atoms with E-state index in [0.29, 0.717) is 14.7 Å². The summed E-state index contributed by atoms with van der Waals surface area (Å²) >= 11 is 0. The highest BCUT2D eigenvalue weighted by atomic mass is 32.2. The molecule has 2 unspecified atom stereocenters. The molecule has 206 valence electrons. The third-order valence-electron chi connectivity index (χ3n) is 4.69. The minimum atomic E-state index is -6.71. The van der Waals surface area contributed by atoms with Crippen molar-refractivity contribution in [3.05, 3.63) is 78.9 Å². The normalized spacial score (nSPS) is 14.6. The average molecular weight is 588 g/mol. The predicted octanol–water partition coefficient (Wildman–Crippen LogP) is 6.17. The fourth-order valence-corrected chi connectivity index (χ4v) is 5.56. The molecule has 0 heterocycles. The molecule has 0 bridgehead atoms. The van der Waals surface area contributed by atoms with Gasteiger partial charge in [0, 0.05) is 0 Å². The largest absolute Gasteiger partial charge is 0.743 e.